The van der Waals surface area contributed by atoms with Crippen LogP contribution in [0.2, 0.25) is 0 Å². The molecule has 1 atom stereocenters. The minimum Gasteiger partial charge on any atom is -0.377 e. The largest absolute Gasteiger partial charge is 0.377 e. The first kappa shape index (κ1) is 12.9. The van der Waals surface area contributed by atoms with Gasteiger partial charge in [0.05, 0.1) is 19.3 Å². The van der Waals surface area contributed by atoms with Crippen molar-refractivity contribution in [2.24, 2.45) is 0 Å². The molecule has 1 saturated carbocycles. The van der Waals surface area contributed by atoms with E-state index in [-0.39, 0.29) is 0 Å². The van der Waals surface area contributed by atoms with Crippen molar-refractivity contribution in [1.82, 2.24) is 20.3 Å². The van der Waals surface area contributed by atoms with Crippen LogP contribution in [0.4, 0.5) is 5.82 Å². The molecule has 2 aromatic heterocycles. The quantitative estimate of drug-likeness (QED) is 0.903. The standard InChI is InChI=1S/C15H19N5O/c1-2-11(1)18-9-12-10-21-8-7-20(12)14-4-3-13-15(19-14)17-6-5-16-13/h3-6,11-12,18H,1-2,7-10H2. The van der Waals surface area contributed by atoms with Crippen LogP contribution in [0.5, 0.6) is 0 Å². The summed E-state index contributed by atoms with van der Waals surface area (Å²) in [7, 11) is 0. The van der Waals surface area contributed by atoms with E-state index in [1.54, 1.807) is 12.4 Å². The number of rotatable bonds is 4. The minimum absolute atomic E-state index is 0.334. The molecule has 6 heteroatoms. The highest BCUT2D eigenvalue weighted by atomic mass is 16.5. The molecule has 0 bridgehead atoms. The smallest absolute Gasteiger partial charge is 0.180 e. The molecule has 6 nitrogen and oxygen atoms in total. The summed E-state index contributed by atoms with van der Waals surface area (Å²) in [4.78, 5) is 15.6. The third-order valence-corrected chi connectivity index (χ3v) is 4.06. The number of ether oxygens (including phenoxy) is 1. The van der Waals surface area contributed by atoms with Crippen LogP contribution in [-0.4, -0.2) is 53.3 Å². The molecule has 4 rings (SSSR count). The van der Waals surface area contributed by atoms with Gasteiger partial charge in [-0.1, -0.05) is 0 Å². The lowest BCUT2D eigenvalue weighted by Crippen LogP contribution is -2.51. The van der Waals surface area contributed by atoms with Gasteiger partial charge < -0.3 is 15.0 Å². The highest BCUT2D eigenvalue weighted by molar-refractivity contribution is 5.71. The van der Waals surface area contributed by atoms with Gasteiger partial charge in [0.1, 0.15) is 11.3 Å². The fourth-order valence-corrected chi connectivity index (χ4v) is 2.72. The zero-order valence-electron chi connectivity index (χ0n) is 11.9. The maximum absolute atomic E-state index is 5.64. The first-order valence-corrected chi connectivity index (χ1v) is 7.56. The Hall–Kier alpha value is -1.79. The van der Waals surface area contributed by atoms with Crippen LogP contribution < -0.4 is 10.2 Å². The SMILES string of the molecule is c1cnc2nc(N3CCOCC3CNC3CC3)ccc2n1. The van der Waals surface area contributed by atoms with Crippen LogP contribution >= 0.6 is 0 Å². The molecule has 110 valence electrons. The topological polar surface area (TPSA) is 63.2 Å². The summed E-state index contributed by atoms with van der Waals surface area (Å²) in [6.45, 7) is 3.32. The van der Waals surface area contributed by atoms with Crippen molar-refractivity contribution in [2.75, 3.05) is 31.2 Å². The van der Waals surface area contributed by atoms with Crippen LogP contribution in [-0.2, 0) is 4.74 Å². The fraction of sp³-hybridized carbons (Fsp3) is 0.533. The number of morpholine rings is 1. The predicted molar refractivity (Wildman–Crippen MR) is 80.3 cm³/mol. The van der Waals surface area contributed by atoms with Gasteiger partial charge in [-0.05, 0) is 25.0 Å². The molecule has 2 fully saturated rings. The van der Waals surface area contributed by atoms with Crippen LogP contribution in [0, 0.1) is 0 Å². The molecule has 0 radical (unpaired) electrons. The molecule has 1 saturated heterocycles. The average Bonchev–Trinajstić information content (AvgIpc) is 3.37. The summed E-state index contributed by atoms with van der Waals surface area (Å²) < 4.78 is 5.64. The van der Waals surface area contributed by atoms with Gasteiger partial charge in [-0.2, -0.15) is 0 Å². The van der Waals surface area contributed by atoms with Gasteiger partial charge in [0.25, 0.3) is 0 Å². The Kier molecular flexibility index (Phi) is 3.40. The van der Waals surface area contributed by atoms with E-state index in [0.717, 1.165) is 37.6 Å². The van der Waals surface area contributed by atoms with Crippen molar-refractivity contribution >= 4 is 17.0 Å². The number of anilines is 1. The van der Waals surface area contributed by atoms with Crippen molar-refractivity contribution < 1.29 is 4.74 Å². The Bertz CT molecular complexity index is 630. The maximum Gasteiger partial charge on any atom is 0.180 e. The number of hydrogen-bond donors (Lipinski definition) is 1. The van der Waals surface area contributed by atoms with Crippen molar-refractivity contribution in [3.63, 3.8) is 0 Å². The molecule has 21 heavy (non-hydrogen) atoms. The van der Waals surface area contributed by atoms with Crippen molar-refractivity contribution in [3.8, 4) is 0 Å². The lowest BCUT2D eigenvalue weighted by Gasteiger charge is -2.36. The van der Waals surface area contributed by atoms with Gasteiger partial charge in [-0.25, -0.2) is 9.97 Å². The molecule has 3 heterocycles. The molecule has 0 spiro atoms. The summed E-state index contributed by atoms with van der Waals surface area (Å²) in [6.07, 6.45) is 5.99. The first-order chi connectivity index (χ1) is 10.4. The van der Waals surface area contributed by atoms with E-state index in [4.69, 9.17) is 4.74 Å². The highest BCUT2D eigenvalue weighted by Gasteiger charge is 2.27. The maximum atomic E-state index is 5.64. The number of nitrogens with one attached hydrogen (secondary N) is 1. The molecular formula is C15H19N5O. The molecule has 1 N–H and O–H groups in total. The zero-order valence-corrected chi connectivity index (χ0v) is 11.9. The van der Waals surface area contributed by atoms with Gasteiger partial charge in [-0.15, -0.1) is 0 Å². The highest BCUT2D eigenvalue weighted by Crippen LogP contribution is 2.22. The lowest BCUT2D eigenvalue weighted by atomic mass is 10.2. The Balaban J connectivity index is 1.57. The Morgan fingerprint density at radius 1 is 1.24 bits per heavy atom. The molecule has 1 aliphatic heterocycles. The van der Waals surface area contributed by atoms with Crippen molar-refractivity contribution in [3.05, 3.63) is 24.5 Å². The number of nitrogens with zero attached hydrogens (tertiary/aromatic N) is 4. The third kappa shape index (κ3) is 2.82. The number of aromatic nitrogens is 3. The van der Waals surface area contributed by atoms with E-state index in [1.807, 2.05) is 12.1 Å². The molecule has 1 unspecified atom stereocenters. The number of pyridine rings is 1. The normalized spacial score (nSPS) is 22.7. The molecule has 0 amide bonds. The van der Waals surface area contributed by atoms with Gasteiger partial charge in [-0.3, -0.25) is 4.98 Å². The van der Waals surface area contributed by atoms with Gasteiger partial charge in [0.15, 0.2) is 5.65 Å². The van der Waals surface area contributed by atoms with Gasteiger partial charge in [0.2, 0.25) is 0 Å². The van der Waals surface area contributed by atoms with Crippen LogP contribution in [0.25, 0.3) is 11.2 Å². The Labute approximate surface area is 123 Å². The minimum atomic E-state index is 0.334. The van der Waals surface area contributed by atoms with Crippen LogP contribution in [0.3, 0.4) is 0 Å². The number of fused-ring (bicyclic) bond motifs is 1. The van der Waals surface area contributed by atoms with E-state index < -0.39 is 0 Å². The summed E-state index contributed by atoms with van der Waals surface area (Å²) in [5, 5.41) is 3.59. The predicted octanol–water partition coefficient (Wildman–Crippen LogP) is 0.982. The monoisotopic (exact) mass is 285 g/mol. The number of hydrogen-bond acceptors (Lipinski definition) is 6. The average molecular weight is 285 g/mol. The second-order valence-corrected chi connectivity index (χ2v) is 5.67. The van der Waals surface area contributed by atoms with E-state index in [0.29, 0.717) is 17.7 Å². The second kappa shape index (κ2) is 5.54. The van der Waals surface area contributed by atoms with Crippen molar-refractivity contribution in [2.45, 2.75) is 24.9 Å². The van der Waals surface area contributed by atoms with E-state index in [9.17, 15) is 0 Å². The van der Waals surface area contributed by atoms with E-state index in [2.05, 4.69) is 25.2 Å². The molecule has 2 aromatic rings. The van der Waals surface area contributed by atoms with Crippen LogP contribution in [0.1, 0.15) is 12.8 Å². The zero-order chi connectivity index (χ0) is 14.1. The Morgan fingerprint density at radius 3 is 3.05 bits per heavy atom. The second-order valence-electron chi connectivity index (χ2n) is 5.67. The summed E-state index contributed by atoms with van der Waals surface area (Å²) in [6, 6.07) is 5.07. The molecule has 1 aliphatic carbocycles. The first-order valence-electron chi connectivity index (χ1n) is 7.56. The molecular weight excluding hydrogens is 266 g/mol. The van der Waals surface area contributed by atoms with Gasteiger partial charge >= 0.3 is 0 Å². The fourth-order valence-electron chi connectivity index (χ4n) is 2.72. The van der Waals surface area contributed by atoms with Gasteiger partial charge in [0, 0.05) is 31.5 Å². The van der Waals surface area contributed by atoms with E-state index >= 15 is 0 Å². The molecule has 0 aromatic carbocycles. The molecule has 2 aliphatic rings. The van der Waals surface area contributed by atoms with Crippen molar-refractivity contribution in [1.29, 1.82) is 0 Å². The Morgan fingerprint density at radius 2 is 2.14 bits per heavy atom. The third-order valence-electron chi connectivity index (χ3n) is 4.06. The van der Waals surface area contributed by atoms with E-state index in [1.165, 1.54) is 12.8 Å². The van der Waals surface area contributed by atoms with Crippen LogP contribution in [0.15, 0.2) is 24.5 Å². The summed E-state index contributed by atoms with van der Waals surface area (Å²) in [5.41, 5.74) is 1.54. The summed E-state index contributed by atoms with van der Waals surface area (Å²) >= 11 is 0. The summed E-state index contributed by atoms with van der Waals surface area (Å²) in [5.74, 6) is 0.967. The lowest BCUT2D eigenvalue weighted by molar-refractivity contribution is 0.0933.